The highest BCUT2D eigenvalue weighted by Gasteiger charge is 2.27. The third-order valence-electron chi connectivity index (χ3n) is 3.75. The molecule has 2 unspecified atom stereocenters. The number of aliphatic carboxylic acids is 1. The van der Waals surface area contributed by atoms with Crippen LogP contribution in [0, 0.1) is 11.8 Å². The molecule has 0 saturated carbocycles. The number of ketones is 1. The maximum absolute atomic E-state index is 12.3. The summed E-state index contributed by atoms with van der Waals surface area (Å²) in [7, 11) is 0. The molecule has 0 saturated heterocycles. The molecule has 1 aromatic rings. The average molecular weight is 262 g/mol. The molecule has 0 aliphatic carbocycles. The van der Waals surface area contributed by atoms with Crippen LogP contribution in [0.1, 0.15) is 36.2 Å². The lowest BCUT2D eigenvalue weighted by Crippen LogP contribution is -2.25. The van der Waals surface area contributed by atoms with Crippen LogP contribution in [0.15, 0.2) is 18.2 Å². The number of aryl methyl sites for hydroxylation is 1. The summed E-state index contributed by atoms with van der Waals surface area (Å²) < 4.78 is 5.50. The van der Waals surface area contributed by atoms with Crippen LogP contribution < -0.4 is 4.74 Å². The summed E-state index contributed by atoms with van der Waals surface area (Å²) in [6, 6.07) is 5.36. The van der Waals surface area contributed by atoms with E-state index in [9.17, 15) is 9.59 Å². The first-order valence-electron chi connectivity index (χ1n) is 6.53. The molecule has 102 valence electrons. The van der Waals surface area contributed by atoms with Crippen molar-refractivity contribution in [1.29, 1.82) is 0 Å². The van der Waals surface area contributed by atoms with E-state index in [-0.39, 0.29) is 5.78 Å². The zero-order valence-electron chi connectivity index (χ0n) is 11.2. The third-order valence-corrected chi connectivity index (χ3v) is 3.75. The van der Waals surface area contributed by atoms with E-state index in [1.54, 1.807) is 26.0 Å². The molecular weight excluding hydrogens is 244 g/mol. The molecule has 4 nitrogen and oxygen atoms in total. The monoisotopic (exact) mass is 262 g/mol. The molecule has 1 heterocycles. The van der Waals surface area contributed by atoms with Gasteiger partial charge in [0, 0.05) is 11.5 Å². The van der Waals surface area contributed by atoms with Gasteiger partial charge in [-0.2, -0.15) is 0 Å². The van der Waals surface area contributed by atoms with E-state index in [0.717, 1.165) is 24.2 Å². The predicted octanol–water partition coefficient (Wildman–Crippen LogP) is 2.55. The van der Waals surface area contributed by atoms with Crippen molar-refractivity contribution < 1.29 is 19.4 Å². The Morgan fingerprint density at radius 1 is 1.26 bits per heavy atom. The van der Waals surface area contributed by atoms with Gasteiger partial charge in [0.1, 0.15) is 5.75 Å². The highest BCUT2D eigenvalue weighted by Crippen LogP contribution is 2.27. The molecule has 0 radical (unpaired) electrons. The van der Waals surface area contributed by atoms with Gasteiger partial charge in [-0.15, -0.1) is 0 Å². The highest BCUT2D eigenvalue weighted by atomic mass is 16.5. The van der Waals surface area contributed by atoms with Crippen molar-refractivity contribution >= 4 is 11.8 Å². The Morgan fingerprint density at radius 2 is 2.00 bits per heavy atom. The number of carboxylic acids is 1. The Kier molecular flexibility index (Phi) is 3.88. The van der Waals surface area contributed by atoms with Crippen LogP contribution >= 0.6 is 0 Å². The number of carboxylic acid groups (broad SMARTS) is 1. The zero-order chi connectivity index (χ0) is 14.0. The molecule has 4 heteroatoms. The van der Waals surface area contributed by atoms with Crippen molar-refractivity contribution in [2.24, 2.45) is 11.8 Å². The van der Waals surface area contributed by atoms with E-state index >= 15 is 0 Å². The fourth-order valence-corrected chi connectivity index (χ4v) is 2.22. The van der Waals surface area contributed by atoms with Crippen LogP contribution in [0.4, 0.5) is 0 Å². The van der Waals surface area contributed by atoms with Gasteiger partial charge >= 0.3 is 5.97 Å². The SMILES string of the molecule is CC(C(=O)O)C(C)C(=O)c1ccc2c(c1)CCCO2. The van der Waals surface area contributed by atoms with Crippen molar-refractivity contribution in [2.45, 2.75) is 26.7 Å². The Morgan fingerprint density at radius 3 is 2.68 bits per heavy atom. The zero-order valence-corrected chi connectivity index (χ0v) is 11.2. The van der Waals surface area contributed by atoms with Crippen LogP contribution in [0.3, 0.4) is 0 Å². The summed E-state index contributed by atoms with van der Waals surface area (Å²) in [4.78, 5) is 23.2. The Balaban J connectivity index is 2.22. The number of carbonyl (C=O) groups is 2. The fraction of sp³-hybridized carbons (Fsp3) is 0.467. The Bertz CT molecular complexity index is 507. The Hall–Kier alpha value is -1.84. The van der Waals surface area contributed by atoms with Gasteiger partial charge in [-0.1, -0.05) is 13.8 Å². The number of hydrogen-bond acceptors (Lipinski definition) is 3. The van der Waals surface area contributed by atoms with E-state index < -0.39 is 17.8 Å². The first-order chi connectivity index (χ1) is 9.00. The van der Waals surface area contributed by atoms with Gasteiger partial charge in [0.15, 0.2) is 5.78 Å². The van der Waals surface area contributed by atoms with E-state index in [0.29, 0.717) is 12.2 Å². The number of fused-ring (bicyclic) bond motifs is 1. The van der Waals surface area contributed by atoms with Gasteiger partial charge in [-0.05, 0) is 36.6 Å². The number of carbonyl (C=O) groups excluding carboxylic acids is 1. The summed E-state index contributed by atoms with van der Waals surface area (Å²) in [6.45, 7) is 3.94. The number of benzene rings is 1. The maximum Gasteiger partial charge on any atom is 0.306 e. The van der Waals surface area contributed by atoms with Gasteiger partial charge in [-0.25, -0.2) is 0 Å². The second kappa shape index (κ2) is 5.43. The van der Waals surface area contributed by atoms with Gasteiger partial charge in [0.25, 0.3) is 0 Å². The molecule has 0 bridgehead atoms. The largest absolute Gasteiger partial charge is 0.493 e. The molecule has 2 rings (SSSR count). The summed E-state index contributed by atoms with van der Waals surface area (Å²) in [5, 5.41) is 8.97. The molecule has 1 N–H and O–H groups in total. The minimum atomic E-state index is -0.942. The second-order valence-corrected chi connectivity index (χ2v) is 5.05. The number of Topliss-reactive ketones (excluding diaryl/α,β-unsaturated/α-hetero) is 1. The summed E-state index contributed by atoms with van der Waals surface area (Å²) >= 11 is 0. The Labute approximate surface area is 112 Å². The van der Waals surface area contributed by atoms with Gasteiger partial charge in [0.2, 0.25) is 0 Å². The van der Waals surface area contributed by atoms with Crippen molar-refractivity contribution in [2.75, 3.05) is 6.61 Å². The minimum absolute atomic E-state index is 0.122. The number of rotatable bonds is 4. The summed E-state index contributed by atoms with van der Waals surface area (Å²) in [6.07, 6.45) is 1.85. The van der Waals surface area contributed by atoms with E-state index in [4.69, 9.17) is 9.84 Å². The normalized spacial score (nSPS) is 16.9. The van der Waals surface area contributed by atoms with Gasteiger partial charge < -0.3 is 9.84 Å². The number of hydrogen-bond donors (Lipinski definition) is 1. The molecule has 0 aromatic heterocycles. The van der Waals surface area contributed by atoms with Crippen LogP contribution in [0.25, 0.3) is 0 Å². The molecule has 2 atom stereocenters. The smallest absolute Gasteiger partial charge is 0.306 e. The van der Waals surface area contributed by atoms with Crippen LogP contribution in [-0.4, -0.2) is 23.5 Å². The molecule has 0 fully saturated rings. The lowest BCUT2D eigenvalue weighted by Gasteiger charge is -2.19. The molecule has 0 amide bonds. The van der Waals surface area contributed by atoms with Crippen molar-refractivity contribution in [3.8, 4) is 5.75 Å². The van der Waals surface area contributed by atoms with E-state index in [1.807, 2.05) is 6.07 Å². The average Bonchev–Trinajstić information content (AvgIpc) is 2.44. The van der Waals surface area contributed by atoms with E-state index in [1.165, 1.54) is 0 Å². The predicted molar refractivity (Wildman–Crippen MR) is 70.6 cm³/mol. The van der Waals surface area contributed by atoms with Crippen LogP contribution in [0.5, 0.6) is 5.75 Å². The third kappa shape index (κ3) is 2.78. The lowest BCUT2D eigenvalue weighted by molar-refractivity contribution is -0.142. The molecular formula is C15H18O4. The highest BCUT2D eigenvalue weighted by molar-refractivity contribution is 5.99. The molecule has 1 aliphatic rings. The second-order valence-electron chi connectivity index (χ2n) is 5.05. The van der Waals surface area contributed by atoms with Gasteiger partial charge in [0.05, 0.1) is 12.5 Å². The fourth-order valence-electron chi connectivity index (χ4n) is 2.22. The maximum atomic E-state index is 12.3. The summed E-state index contributed by atoms with van der Waals surface area (Å²) in [5.41, 5.74) is 1.61. The first-order valence-corrected chi connectivity index (χ1v) is 6.53. The van der Waals surface area contributed by atoms with Crippen molar-refractivity contribution in [1.82, 2.24) is 0 Å². The minimum Gasteiger partial charge on any atom is -0.493 e. The van der Waals surface area contributed by atoms with Gasteiger partial charge in [-0.3, -0.25) is 9.59 Å². The van der Waals surface area contributed by atoms with E-state index in [2.05, 4.69) is 0 Å². The molecule has 1 aliphatic heterocycles. The number of ether oxygens (including phenoxy) is 1. The first kappa shape index (κ1) is 13.6. The standard InChI is InChI=1S/C15H18O4/c1-9(10(2)15(17)18)14(16)12-5-6-13-11(8-12)4-3-7-19-13/h5-6,8-10H,3-4,7H2,1-2H3,(H,17,18). The molecule has 1 aromatic carbocycles. The summed E-state index contributed by atoms with van der Waals surface area (Å²) in [5.74, 6) is -1.44. The quantitative estimate of drug-likeness (QED) is 0.847. The van der Waals surface area contributed by atoms with Crippen LogP contribution in [0.2, 0.25) is 0 Å². The van der Waals surface area contributed by atoms with Crippen molar-refractivity contribution in [3.05, 3.63) is 29.3 Å². The topological polar surface area (TPSA) is 63.6 Å². The lowest BCUT2D eigenvalue weighted by atomic mass is 9.87. The van der Waals surface area contributed by atoms with Crippen molar-refractivity contribution in [3.63, 3.8) is 0 Å². The molecule has 0 spiro atoms. The van der Waals surface area contributed by atoms with Crippen LogP contribution in [-0.2, 0) is 11.2 Å². The molecule has 19 heavy (non-hydrogen) atoms.